The lowest BCUT2D eigenvalue weighted by molar-refractivity contribution is -0.117. The Morgan fingerprint density at radius 1 is 0.919 bits per heavy atom. The summed E-state index contributed by atoms with van der Waals surface area (Å²) >= 11 is 0. The minimum Gasteiger partial charge on any atom is -0.457 e. The summed E-state index contributed by atoms with van der Waals surface area (Å²) in [7, 11) is 0. The molecular formula is C31H37N3O3. The number of benzene rings is 3. The van der Waals surface area contributed by atoms with Gasteiger partial charge in [-0.15, -0.1) is 0 Å². The van der Waals surface area contributed by atoms with Gasteiger partial charge in [-0.1, -0.05) is 70.2 Å². The van der Waals surface area contributed by atoms with Crippen molar-refractivity contribution in [2.75, 3.05) is 11.9 Å². The summed E-state index contributed by atoms with van der Waals surface area (Å²) in [4.78, 5) is 29.3. The second kappa shape index (κ2) is 15.2. The van der Waals surface area contributed by atoms with E-state index in [0.29, 0.717) is 11.3 Å². The first-order chi connectivity index (χ1) is 18.0. The number of anilines is 1. The number of nitrogens with one attached hydrogen (secondary N) is 1. The molecule has 4 aromatic rings. The van der Waals surface area contributed by atoms with Gasteiger partial charge in [0.2, 0.25) is 5.91 Å². The van der Waals surface area contributed by atoms with Crippen LogP contribution < -0.4 is 11.1 Å². The Morgan fingerprint density at radius 2 is 1.65 bits per heavy atom. The molecule has 3 aromatic carbocycles. The molecule has 1 heterocycles. The number of esters is 1. The molecule has 1 atom stereocenters. The number of hydrogen-bond donors (Lipinski definition) is 2. The lowest BCUT2D eigenvalue weighted by Gasteiger charge is -2.18. The van der Waals surface area contributed by atoms with E-state index in [1.807, 2.05) is 83.1 Å². The fraction of sp³-hybridized carbons (Fsp3) is 0.258. The molecule has 1 amide bonds. The van der Waals surface area contributed by atoms with E-state index in [9.17, 15) is 9.59 Å². The molecule has 0 saturated carbocycles. The molecule has 4 rings (SSSR count). The van der Waals surface area contributed by atoms with Gasteiger partial charge >= 0.3 is 5.97 Å². The van der Waals surface area contributed by atoms with Crippen molar-refractivity contribution in [3.63, 3.8) is 0 Å². The van der Waals surface area contributed by atoms with Crippen molar-refractivity contribution < 1.29 is 14.3 Å². The highest BCUT2D eigenvalue weighted by molar-refractivity contribution is 5.98. The van der Waals surface area contributed by atoms with E-state index in [2.05, 4.69) is 10.3 Å². The molecule has 0 bridgehead atoms. The van der Waals surface area contributed by atoms with Crippen LogP contribution in [0.1, 0.15) is 60.7 Å². The van der Waals surface area contributed by atoms with Crippen LogP contribution in [0.4, 0.5) is 5.69 Å². The number of amides is 1. The predicted molar refractivity (Wildman–Crippen MR) is 152 cm³/mol. The summed E-state index contributed by atoms with van der Waals surface area (Å²) in [5.74, 6) is -1.04. The maximum atomic E-state index is 13.0. The van der Waals surface area contributed by atoms with Crippen molar-refractivity contribution in [3.8, 4) is 0 Å². The zero-order valence-electron chi connectivity index (χ0n) is 22.3. The summed E-state index contributed by atoms with van der Waals surface area (Å²) in [5, 5.41) is 4.98. The third kappa shape index (κ3) is 7.98. The summed E-state index contributed by atoms with van der Waals surface area (Å²) < 4.78 is 5.41. The van der Waals surface area contributed by atoms with Crippen LogP contribution in [0.2, 0.25) is 0 Å². The van der Waals surface area contributed by atoms with Gasteiger partial charge < -0.3 is 15.8 Å². The van der Waals surface area contributed by atoms with Crippen molar-refractivity contribution in [3.05, 3.63) is 107 Å². The topological polar surface area (TPSA) is 94.3 Å². The van der Waals surface area contributed by atoms with Gasteiger partial charge in [0.15, 0.2) is 0 Å². The highest BCUT2D eigenvalue weighted by Gasteiger charge is 2.21. The maximum absolute atomic E-state index is 13.0. The van der Waals surface area contributed by atoms with Crippen LogP contribution in [-0.4, -0.2) is 23.4 Å². The van der Waals surface area contributed by atoms with E-state index in [-0.39, 0.29) is 25.0 Å². The van der Waals surface area contributed by atoms with E-state index in [1.165, 1.54) is 0 Å². The predicted octanol–water partition coefficient (Wildman–Crippen LogP) is 6.63. The summed E-state index contributed by atoms with van der Waals surface area (Å²) in [5.41, 5.74) is 9.81. The Bertz CT molecular complexity index is 1290. The van der Waals surface area contributed by atoms with E-state index in [0.717, 1.165) is 27.5 Å². The lowest BCUT2D eigenvalue weighted by Crippen LogP contribution is -2.28. The van der Waals surface area contributed by atoms with E-state index >= 15 is 0 Å². The SMILES string of the molecule is CC.CC.Cc1cc(COC(=O)c2ccccc2)ccc1C(CN)C(=O)Nc1ccc2cnccc2c1. The largest absolute Gasteiger partial charge is 0.457 e. The molecular weight excluding hydrogens is 462 g/mol. The molecule has 6 nitrogen and oxygen atoms in total. The number of aryl methyl sites for hydroxylation is 1. The molecule has 0 fully saturated rings. The Balaban J connectivity index is 0.00000115. The maximum Gasteiger partial charge on any atom is 0.338 e. The molecule has 1 unspecified atom stereocenters. The van der Waals surface area contributed by atoms with Gasteiger partial charge in [0, 0.05) is 30.0 Å². The summed E-state index contributed by atoms with van der Waals surface area (Å²) in [6.45, 7) is 10.3. The fourth-order valence-corrected chi connectivity index (χ4v) is 3.79. The van der Waals surface area contributed by atoms with Crippen LogP contribution in [0.15, 0.2) is 85.2 Å². The normalized spacial score (nSPS) is 10.8. The Hall–Kier alpha value is -4.03. The quantitative estimate of drug-likeness (QED) is 0.278. The molecule has 1 aromatic heterocycles. The molecule has 37 heavy (non-hydrogen) atoms. The molecule has 0 spiro atoms. The fourth-order valence-electron chi connectivity index (χ4n) is 3.79. The number of ether oxygens (including phenoxy) is 1. The van der Waals surface area contributed by atoms with Gasteiger partial charge in [0.25, 0.3) is 0 Å². The molecule has 0 aliphatic rings. The molecule has 0 aliphatic heterocycles. The average molecular weight is 500 g/mol. The zero-order chi connectivity index (χ0) is 27.2. The van der Waals surface area contributed by atoms with Gasteiger partial charge in [0.05, 0.1) is 11.5 Å². The van der Waals surface area contributed by atoms with E-state index in [1.54, 1.807) is 36.7 Å². The van der Waals surface area contributed by atoms with Crippen LogP contribution in [0.3, 0.4) is 0 Å². The number of nitrogens with zero attached hydrogens (tertiary/aromatic N) is 1. The molecule has 0 aliphatic carbocycles. The standard InChI is InChI=1S/C27H25N3O3.2C2H6/c1-18-13-19(17-33-27(32)20-5-3-2-4-6-20)7-10-24(18)25(15-28)26(31)30-23-9-8-22-16-29-12-11-21(22)14-23;2*1-2/h2-14,16,25H,15,17,28H2,1H3,(H,30,31);2*1-2H3. The molecule has 0 radical (unpaired) electrons. The summed E-state index contributed by atoms with van der Waals surface area (Å²) in [6, 6.07) is 22.1. The van der Waals surface area contributed by atoms with Gasteiger partial charge in [-0.3, -0.25) is 9.78 Å². The van der Waals surface area contributed by atoms with Crippen LogP contribution in [0.25, 0.3) is 10.8 Å². The van der Waals surface area contributed by atoms with Crippen LogP contribution in [0, 0.1) is 6.92 Å². The first-order valence-corrected chi connectivity index (χ1v) is 12.7. The monoisotopic (exact) mass is 499 g/mol. The molecule has 3 N–H and O–H groups in total. The minimum absolute atomic E-state index is 0.153. The van der Waals surface area contributed by atoms with Gasteiger partial charge in [-0.25, -0.2) is 4.79 Å². The second-order valence-corrected chi connectivity index (χ2v) is 7.85. The first-order valence-electron chi connectivity index (χ1n) is 12.7. The number of aromatic nitrogens is 1. The number of carbonyl (C=O) groups excluding carboxylic acids is 2. The number of hydrogen-bond acceptors (Lipinski definition) is 5. The number of carbonyl (C=O) groups is 2. The lowest BCUT2D eigenvalue weighted by atomic mass is 9.92. The Kier molecular flexibility index (Phi) is 12.0. The average Bonchev–Trinajstić information content (AvgIpc) is 2.95. The number of fused-ring (bicyclic) bond motifs is 1. The van der Waals surface area contributed by atoms with E-state index in [4.69, 9.17) is 10.5 Å². The van der Waals surface area contributed by atoms with Gasteiger partial charge in [0.1, 0.15) is 6.61 Å². The number of nitrogens with two attached hydrogens (primary N) is 1. The number of rotatable bonds is 7. The number of pyridine rings is 1. The summed E-state index contributed by atoms with van der Waals surface area (Å²) in [6.07, 6.45) is 3.50. The molecule has 194 valence electrons. The van der Waals surface area contributed by atoms with Gasteiger partial charge in [-0.2, -0.15) is 0 Å². The third-order valence-electron chi connectivity index (χ3n) is 5.55. The van der Waals surface area contributed by atoms with E-state index < -0.39 is 5.92 Å². The zero-order valence-corrected chi connectivity index (χ0v) is 22.3. The van der Waals surface area contributed by atoms with Crippen molar-refractivity contribution >= 4 is 28.3 Å². The molecule has 0 saturated heterocycles. The first kappa shape index (κ1) is 29.2. The van der Waals surface area contributed by atoms with Crippen molar-refractivity contribution in [2.45, 2.75) is 47.1 Å². The highest BCUT2D eigenvalue weighted by Crippen LogP contribution is 2.24. The Morgan fingerprint density at radius 3 is 2.32 bits per heavy atom. The van der Waals surface area contributed by atoms with Crippen LogP contribution >= 0.6 is 0 Å². The van der Waals surface area contributed by atoms with Gasteiger partial charge in [-0.05, 0) is 59.3 Å². The highest BCUT2D eigenvalue weighted by atomic mass is 16.5. The minimum atomic E-state index is -0.501. The van der Waals surface area contributed by atoms with Crippen molar-refractivity contribution in [1.82, 2.24) is 4.98 Å². The second-order valence-electron chi connectivity index (χ2n) is 7.85. The van der Waals surface area contributed by atoms with Crippen LogP contribution in [0.5, 0.6) is 0 Å². The smallest absolute Gasteiger partial charge is 0.338 e. The van der Waals surface area contributed by atoms with Crippen molar-refractivity contribution in [2.24, 2.45) is 5.73 Å². The van der Waals surface area contributed by atoms with Crippen molar-refractivity contribution in [1.29, 1.82) is 0 Å². The van der Waals surface area contributed by atoms with Crippen LogP contribution in [-0.2, 0) is 16.1 Å². The Labute approximate surface area is 219 Å². The third-order valence-corrected chi connectivity index (χ3v) is 5.55. The molecule has 6 heteroatoms.